The van der Waals surface area contributed by atoms with Crippen LogP contribution in [0.15, 0.2) is 6.33 Å². The van der Waals surface area contributed by atoms with E-state index in [1.165, 1.54) is 74.9 Å². The van der Waals surface area contributed by atoms with Crippen LogP contribution in [0.3, 0.4) is 0 Å². The number of unbranched alkanes of at least 4 members (excludes halogenated alkanes) is 6. The summed E-state index contributed by atoms with van der Waals surface area (Å²) in [6.45, 7) is 6.91. The summed E-state index contributed by atoms with van der Waals surface area (Å²) in [5, 5.41) is 7.58. The van der Waals surface area contributed by atoms with E-state index in [1.807, 2.05) is 0 Å². The van der Waals surface area contributed by atoms with Crippen molar-refractivity contribution >= 4 is 22.2 Å². The fraction of sp³-hybridized carbons (Fsp3) is 0.882. The molecule has 0 spiro atoms. The van der Waals surface area contributed by atoms with E-state index in [-0.39, 0.29) is 0 Å². The van der Waals surface area contributed by atoms with E-state index in [2.05, 4.69) is 36.0 Å². The molecule has 1 rings (SSSR count). The second kappa shape index (κ2) is 11.5. The van der Waals surface area contributed by atoms with Crippen molar-refractivity contribution in [1.29, 1.82) is 0 Å². The summed E-state index contributed by atoms with van der Waals surface area (Å²) >= 11 is -2.36. The first-order valence-electron chi connectivity index (χ1n) is 9.15. The molecule has 1 heterocycles. The van der Waals surface area contributed by atoms with Crippen molar-refractivity contribution < 1.29 is 0 Å². The quantitative estimate of drug-likeness (QED) is 0.373. The maximum absolute atomic E-state index is 4.65. The molecule has 0 radical (unpaired) electrons. The number of H-pyrrole nitrogens is 1. The van der Waals surface area contributed by atoms with Gasteiger partial charge in [-0.3, -0.25) is 0 Å². The van der Waals surface area contributed by atoms with Gasteiger partial charge in [-0.2, -0.15) is 0 Å². The zero-order valence-corrected chi connectivity index (χ0v) is 17.3. The predicted octanol–water partition coefficient (Wildman–Crippen LogP) is 5.03. The zero-order valence-electron chi connectivity index (χ0n) is 14.5. The molecule has 1 aromatic heterocycles. The van der Waals surface area contributed by atoms with Gasteiger partial charge >= 0.3 is 136 Å². The Morgan fingerprint density at radius 2 is 1.29 bits per heavy atom. The van der Waals surface area contributed by atoms with Crippen molar-refractivity contribution in [3.63, 3.8) is 0 Å². The Kier molecular flexibility index (Phi) is 10.4. The SMILES string of the molecule is CCCC[CH2][Sn]([CH2]CCCC)([CH2]CCCC)[c]1nc[nH]n1. The van der Waals surface area contributed by atoms with Crippen molar-refractivity contribution in [3.8, 4) is 0 Å². The van der Waals surface area contributed by atoms with Crippen LogP contribution in [0.1, 0.15) is 78.6 Å². The Balaban J connectivity index is 2.78. The molecule has 0 bridgehead atoms. The van der Waals surface area contributed by atoms with Gasteiger partial charge in [0.25, 0.3) is 0 Å². The minimum absolute atomic E-state index is 1.28. The summed E-state index contributed by atoms with van der Waals surface area (Å²) in [4.78, 5) is 4.65. The average Bonchev–Trinajstić information content (AvgIpc) is 3.02. The van der Waals surface area contributed by atoms with Gasteiger partial charge in [-0.1, -0.05) is 0 Å². The summed E-state index contributed by atoms with van der Waals surface area (Å²) < 4.78 is 5.68. The topological polar surface area (TPSA) is 41.6 Å². The summed E-state index contributed by atoms with van der Waals surface area (Å²) in [5.41, 5.74) is 0. The van der Waals surface area contributed by atoms with E-state index >= 15 is 0 Å². The van der Waals surface area contributed by atoms with Gasteiger partial charge in [-0.05, 0) is 0 Å². The molecule has 21 heavy (non-hydrogen) atoms. The van der Waals surface area contributed by atoms with Crippen LogP contribution in [-0.2, 0) is 0 Å². The number of rotatable bonds is 13. The molecule has 1 aromatic rings. The van der Waals surface area contributed by atoms with E-state index in [9.17, 15) is 0 Å². The van der Waals surface area contributed by atoms with E-state index in [1.54, 1.807) is 6.33 Å². The van der Waals surface area contributed by atoms with Crippen LogP contribution >= 0.6 is 0 Å². The standard InChI is InChI=1S/3C5H11.C2H2N3.Sn/c3*1-3-5-4-2;1-3-2-5-4-1;/h3*1,3-5H2,2H3;1H,(H,3,4,5);. The van der Waals surface area contributed by atoms with Gasteiger partial charge in [0.1, 0.15) is 0 Å². The number of nitrogens with one attached hydrogen (secondary N) is 1. The molecular weight excluding hydrogens is 365 g/mol. The van der Waals surface area contributed by atoms with Gasteiger partial charge in [0, 0.05) is 0 Å². The van der Waals surface area contributed by atoms with E-state index in [4.69, 9.17) is 0 Å². The number of aromatic nitrogens is 3. The minimum atomic E-state index is -2.36. The third kappa shape index (κ3) is 6.70. The van der Waals surface area contributed by atoms with E-state index in [0.29, 0.717) is 0 Å². The molecule has 1 N–H and O–H groups in total. The van der Waals surface area contributed by atoms with Crippen molar-refractivity contribution in [1.82, 2.24) is 15.2 Å². The molecule has 122 valence electrons. The maximum atomic E-state index is 4.65. The molecule has 0 saturated carbocycles. The fourth-order valence-electron chi connectivity index (χ4n) is 3.31. The summed E-state index contributed by atoms with van der Waals surface area (Å²) in [6, 6.07) is 0. The Labute approximate surface area is 135 Å². The molecule has 0 aromatic carbocycles. The van der Waals surface area contributed by atoms with Gasteiger partial charge in [-0.25, -0.2) is 0 Å². The molecule has 4 heteroatoms. The van der Waals surface area contributed by atoms with E-state index < -0.39 is 18.4 Å². The molecule has 0 aliphatic carbocycles. The van der Waals surface area contributed by atoms with Crippen molar-refractivity contribution in [2.75, 3.05) is 0 Å². The third-order valence-corrected chi connectivity index (χ3v) is 19.3. The van der Waals surface area contributed by atoms with Gasteiger partial charge < -0.3 is 0 Å². The van der Waals surface area contributed by atoms with Gasteiger partial charge in [0.15, 0.2) is 0 Å². The van der Waals surface area contributed by atoms with Gasteiger partial charge in [-0.15, -0.1) is 0 Å². The molecule has 3 nitrogen and oxygen atoms in total. The molecule has 0 unspecified atom stereocenters. The molecule has 0 amide bonds. The molecule has 0 aliphatic rings. The van der Waals surface area contributed by atoms with Crippen LogP contribution in [0.4, 0.5) is 0 Å². The number of aromatic amines is 1. The van der Waals surface area contributed by atoms with Crippen LogP contribution in [0, 0.1) is 0 Å². The van der Waals surface area contributed by atoms with Crippen LogP contribution in [-0.4, -0.2) is 33.6 Å². The summed E-state index contributed by atoms with van der Waals surface area (Å²) in [7, 11) is 0. The monoisotopic (exact) mass is 401 g/mol. The molecule has 0 aliphatic heterocycles. The van der Waals surface area contributed by atoms with Crippen LogP contribution in [0.5, 0.6) is 0 Å². The molecule has 0 saturated heterocycles. The van der Waals surface area contributed by atoms with Gasteiger partial charge in [0.2, 0.25) is 0 Å². The summed E-state index contributed by atoms with van der Waals surface area (Å²) in [6.07, 6.45) is 14.1. The second-order valence-corrected chi connectivity index (χ2v) is 19.3. The zero-order chi connectivity index (χ0) is 15.4. The Bertz CT molecular complexity index is 311. The van der Waals surface area contributed by atoms with Crippen LogP contribution in [0.25, 0.3) is 0 Å². The third-order valence-electron chi connectivity index (χ3n) is 4.67. The number of hydrogen-bond donors (Lipinski definition) is 1. The first kappa shape index (κ1) is 19.0. The normalized spacial score (nSPS) is 12.0. The summed E-state index contributed by atoms with van der Waals surface area (Å²) in [5.74, 6) is 0. The average molecular weight is 400 g/mol. The van der Waals surface area contributed by atoms with Crippen molar-refractivity contribution in [2.24, 2.45) is 0 Å². The molecule has 0 atom stereocenters. The second-order valence-electron chi connectivity index (χ2n) is 6.47. The number of nitrogens with zero attached hydrogens (tertiary/aromatic N) is 2. The Morgan fingerprint density at radius 3 is 1.62 bits per heavy atom. The molecular formula is C17H35N3Sn. The van der Waals surface area contributed by atoms with Crippen LogP contribution in [0.2, 0.25) is 13.3 Å². The Morgan fingerprint density at radius 1 is 0.810 bits per heavy atom. The van der Waals surface area contributed by atoms with Crippen LogP contribution < -0.4 is 3.84 Å². The Hall–Kier alpha value is -0.0613. The predicted molar refractivity (Wildman–Crippen MR) is 94.8 cm³/mol. The molecule has 0 fully saturated rings. The first-order chi connectivity index (χ1) is 10.3. The van der Waals surface area contributed by atoms with E-state index in [0.717, 1.165) is 0 Å². The fourth-order valence-corrected chi connectivity index (χ4v) is 17.1. The number of hydrogen-bond acceptors (Lipinski definition) is 2. The van der Waals surface area contributed by atoms with Crippen molar-refractivity contribution in [3.05, 3.63) is 6.33 Å². The van der Waals surface area contributed by atoms with Gasteiger partial charge in [0.05, 0.1) is 0 Å². The van der Waals surface area contributed by atoms with Crippen molar-refractivity contribution in [2.45, 2.75) is 91.9 Å². The first-order valence-corrected chi connectivity index (χ1v) is 16.6.